The first-order valence-corrected chi connectivity index (χ1v) is 6.38. The summed E-state index contributed by atoms with van der Waals surface area (Å²) in [6.07, 6.45) is 4.02. The number of benzene rings is 1. The van der Waals surface area contributed by atoms with Gasteiger partial charge in [-0.2, -0.15) is 0 Å². The molecule has 2 aliphatic rings. The molecule has 4 nitrogen and oxygen atoms in total. The minimum atomic E-state index is -0.565. The highest BCUT2D eigenvalue weighted by Gasteiger charge is 2.50. The summed E-state index contributed by atoms with van der Waals surface area (Å²) < 4.78 is 0. The highest BCUT2D eigenvalue weighted by atomic mass is 16.2. The molecule has 3 rings (SSSR count). The molecular weight excluding hydrogens is 226 g/mol. The number of carbonyl (C=O) groups excluding carboxylic acids is 1. The van der Waals surface area contributed by atoms with Crippen molar-refractivity contribution in [1.82, 2.24) is 10.2 Å². The molecule has 2 amide bonds. The third-order valence-electron chi connectivity index (χ3n) is 4.22. The van der Waals surface area contributed by atoms with Gasteiger partial charge in [0, 0.05) is 7.05 Å². The lowest BCUT2D eigenvalue weighted by molar-refractivity contribution is 0.187. The van der Waals surface area contributed by atoms with E-state index in [0.29, 0.717) is 5.84 Å². The Labute approximate surface area is 106 Å². The van der Waals surface area contributed by atoms with Crippen LogP contribution >= 0.6 is 0 Å². The predicted molar refractivity (Wildman–Crippen MR) is 69.7 cm³/mol. The van der Waals surface area contributed by atoms with E-state index in [1.807, 2.05) is 12.1 Å². The largest absolute Gasteiger partial charge is 0.323 e. The third kappa shape index (κ3) is 1.32. The van der Waals surface area contributed by atoms with Gasteiger partial charge < -0.3 is 4.90 Å². The van der Waals surface area contributed by atoms with Gasteiger partial charge in [-0.15, -0.1) is 0 Å². The van der Waals surface area contributed by atoms with E-state index < -0.39 is 5.54 Å². The number of amides is 2. The average molecular weight is 243 g/mol. The lowest BCUT2D eigenvalue weighted by Gasteiger charge is -2.35. The van der Waals surface area contributed by atoms with Crippen LogP contribution in [0.5, 0.6) is 0 Å². The zero-order chi connectivity index (χ0) is 12.8. The molecule has 2 N–H and O–H groups in total. The van der Waals surface area contributed by atoms with Gasteiger partial charge in [-0.25, -0.2) is 4.79 Å². The minimum absolute atomic E-state index is 0.170. The second-order valence-corrected chi connectivity index (χ2v) is 5.09. The summed E-state index contributed by atoms with van der Waals surface area (Å²) in [5.41, 5.74) is 1.82. The van der Waals surface area contributed by atoms with Crippen LogP contribution in [-0.2, 0) is 12.0 Å². The van der Waals surface area contributed by atoms with Crippen LogP contribution in [0.25, 0.3) is 0 Å². The predicted octanol–water partition coefficient (Wildman–Crippen LogP) is 2.24. The number of carbonyl (C=O) groups is 1. The Bertz CT molecular complexity index is 526. The highest BCUT2D eigenvalue weighted by molar-refractivity contribution is 6.08. The molecule has 0 aromatic heterocycles. The van der Waals surface area contributed by atoms with Crippen molar-refractivity contribution in [1.29, 1.82) is 5.41 Å². The summed E-state index contributed by atoms with van der Waals surface area (Å²) >= 11 is 0. The van der Waals surface area contributed by atoms with Gasteiger partial charge >= 0.3 is 6.03 Å². The van der Waals surface area contributed by atoms with Crippen molar-refractivity contribution in [3.63, 3.8) is 0 Å². The quantitative estimate of drug-likeness (QED) is 0.721. The Morgan fingerprint density at radius 3 is 2.83 bits per heavy atom. The molecule has 18 heavy (non-hydrogen) atoms. The molecule has 1 aliphatic heterocycles. The summed E-state index contributed by atoms with van der Waals surface area (Å²) in [7, 11) is 1.79. The Balaban J connectivity index is 2.22. The number of fused-ring (bicyclic) bond motifs is 2. The first-order valence-electron chi connectivity index (χ1n) is 6.38. The fraction of sp³-hybridized carbons (Fsp3) is 0.429. The Morgan fingerprint density at radius 2 is 2.11 bits per heavy atom. The van der Waals surface area contributed by atoms with Crippen LogP contribution in [0, 0.1) is 5.41 Å². The molecule has 1 aliphatic carbocycles. The summed E-state index contributed by atoms with van der Waals surface area (Å²) in [5, 5.41) is 10.9. The highest BCUT2D eigenvalue weighted by Crippen LogP contribution is 2.41. The van der Waals surface area contributed by atoms with Crippen LogP contribution in [0.15, 0.2) is 24.3 Å². The zero-order valence-corrected chi connectivity index (χ0v) is 10.5. The summed E-state index contributed by atoms with van der Waals surface area (Å²) in [6, 6.07) is 8.04. The van der Waals surface area contributed by atoms with E-state index in [2.05, 4.69) is 17.4 Å². The number of nitrogens with one attached hydrogen (secondary N) is 2. The van der Waals surface area contributed by atoms with E-state index in [1.54, 1.807) is 11.9 Å². The van der Waals surface area contributed by atoms with Crippen molar-refractivity contribution < 1.29 is 4.79 Å². The molecule has 1 spiro atoms. The second-order valence-electron chi connectivity index (χ2n) is 5.09. The Kier molecular flexibility index (Phi) is 2.40. The molecule has 4 heteroatoms. The lowest BCUT2D eigenvalue weighted by Crippen LogP contribution is -2.44. The maximum absolute atomic E-state index is 11.9. The molecule has 1 aromatic carbocycles. The van der Waals surface area contributed by atoms with E-state index >= 15 is 0 Å². The molecule has 1 unspecified atom stereocenters. The molecule has 0 saturated carbocycles. The summed E-state index contributed by atoms with van der Waals surface area (Å²) in [4.78, 5) is 13.5. The monoisotopic (exact) mass is 243 g/mol. The van der Waals surface area contributed by atoms with Crippen LogP contribution in [-0.4, -0.2) is 23.8 Å². The Hall–Kier alpha value is -1.84. The molecule has 1 fully saturated rings. The van der Waals surface area contributed by atoms with Gasteiger partial charge in [0.1, 0.15) is 11.4 Å². The number of hydrogen-bond donors (Lipinski definition) is 2. The second kappa shape index (κ2) is 3.83. The molecule has 1 saturated heterocycles. The van der Waals surface area contributed by atoms with Crippen LogP contribution < -0.4 is 5.32 Å². The van der Waals surface area contributed by atoms with Crippen LogP contribution in [0.1, 0.15) is 30.4 Å². The smallest absolute Gasteiger partial charge is 0.311 e. The first-order chi connectivity index (χ1) is 8.66. The van der Waals surface area contributed by atoms with E-state index in [0.717, 1.165) is 31.2 Å². The van der Waals surface area contributed by atoms with Gasteiger partial charge in [0.05, 0.1) is 0 Å². The van der Waals surface area contributed by atoms with Crippen LogP contribution in [0.3, 0.4) is 0 Å². The zero-order valence-electron chi connectivity index (χ0n) is 10.5. The van der Waals surface area contributed by atoms with E-state index in [9.17, 15) is 4.79 Å². The fourth-order valence-electron chi connectivity index (χ4n) is 3.22. The van der Waals surface area contributed by atoms with Gasteiger partial charge in [0.2, 0.25) is 0 Å². The number of aryl methyl sites for hydroxylation is 1. The number of likely N-dealkylation sites (N-methyl/N-ethyl adjacent to an activating group) is 1. The first kappa shape index (κ1) is 11.3. The molecule has 1 heterocycles. The van der Waals surface area contributed by atoms with Gasteiger partial charge in [-0.05, 0) is 36.8 Å². The number of hydrogen-bond acceptors (Lipinski definition) is 2. The normalized spacial score (nSPS) is 27.1. The number of urea groups is 1. The molecule has 0 radical (unpaired) electrons. The topological polar surface area (TPSA) is 56.2 Å². The number of amidine groups is 1. The molecule has 0 bridgehead atoms. The van der Waals surface area contributed by atoms with E-state index in [1.165, 1.54) is 5.56 Å². The fourth-order valence-corrected chi connectivity index (χ4v) is 3.22. The van der Waals surface area contributed by atoms with Gasteiger partial charge in [-0.1, -0.05) is 24.3 Å². The van der Waals surface area contributed by atoms with Crippen LogP contribution in [0.2, 0.25) is 0 Å². The average Bonchev–Trinajstić information content (AvgIpc) is 2.56. The summed E-state index contributed by atoms with van der Waals surface area (Å²) in [6.45, 7) is 0. The maximum Gasteiger partial charge on any atom is 0.323 e. The number of nitrogens with zero attached hydrogens (tertiary/aromatic N) is 1. The van der Waals surface area contributed by atoms with Gasteiger partial charge in [0.15, 0.2) is 0 Å². The van der Waals surface area contributed by atoms with Crippen molar-refractivity contribution in [2.75, 3.05) is 7.05 Å². The SMILES string of the molecule is CN1C(=O)NC(=N)C12CCCCc1ccccc12. The van der Waals surface area contributed by atoms with Crippen molar-refractivity contribution in [2.45, 2.75) is 31.2 Å². The van der Waals surface area contributed by atoms with Gasteiger partial charge in [0.25, 0.3) is 0 Å². The molecule has 1 atom stereocenters. The molecule has 1 aromatic rings. The van der Waals surface area contributed by atoms with Crippen molar-refractivity contribution in [2.24, 2.45) is 0 Å². The molecule has 94 valence electrons. The standard InChI is InChI=1S/C14H17N3O/c1-17-13(18)16-12(15)14(17)9-5-4-7-10-6-2-3-8-11(10)14/h2-3,6,8H,4-5,7,9H2,1H3,(H2,15,16,18). The lowest BCUT2D eigenvalue weighted by atomic mass is 9.83. The van der Waals surface area contributed by atoms with Crippen molar-refractivity contribution >= 4 is 11.9 Å². The van der Waals surface area contributed by atoms with Crippen molar-refractivity contribution in [3.8, 4) is 0 Å². The van der Waals surface area contributed by atoms with Gasteiger partial charge in [-0.3, -0.25) is 10.7 Å². The third-order valence-corrected chi connectivity index (χ3v) is 4.22. The molecular formula is C14H17N3O. The Morgan fingerprint density at radius 1 is 1.33 bits per heavy atom. The van der Waals surface area contributed by atoms with E-state index in [4.69, 9.17) is 5.41 Å². The summed E-state index contributed by atoms with van der Waals surface area (Å²) in [5.74, 6) is 0.323. The minimum Gasteiger partial charge on any atom is -0.311 e. The van der Waals surface area contributed by atoms with Crippen LogP contribution in [0.4, 0.5) is 4.79 Å². The maximum atomic E-state index is 11.9. The number of rotatable bonds is 0. The van der Waals surface area contributed by atoms with Crippen molar-refractivity contribution in [3.05, 3.63) is 35.4 Å². The van der Waals surface area contributed by atoms with E-state index in [-0.39, 0.29) is 6.03 Å².